The summed E-state index contributed by atoms with van der Waals surface area (Å²) >= 11 is 0. The van der Waals surface area contributed by atoms with Crippen molar-refractivity contribution in [1.29, 1.82) is 0 Å². The van der Waals surface area contributed by atoms with Gasteiger partial charge in [0.1, 0.15) is 11.5 Å². The first kappa shape index (κ1) is 24.5. The lowest BCUT2D eigenvalue weighted by Gasteiger charge is -2.26. The van der Waals surface area contributed by atoms with E-state index in [2.05, 4.69) is 44.2 Å². The summed E-state index contributed by atoms with van der Waals surface area (Å²) in [5.74, 6) is 1.37. The van der Waals surface area contributed by atoms with Crippen LogP contribution in [0, 0.1) is 13.8 Å². The molecule has 0 saturated heterocycles. The Bertz CT molecular complexity index is 1220. The number of rotatable bonds is 8. The quantitative estimate of drug-likeness (QED) is 0.457. The van der Waals surface area contributed by atoms with E-state index in [1.165, 1.54) is 5.56 Å². The van der Waals surface area contributed by atoms with Crippen molar-refractivity contribution >= 4 is 11.6 Å². The molecule has 4 rings (SSSR count). The summed E-state index contributed by atoms with van der Waals surface area (Å²) in [6.45, 7) is 5.10. The summed E-state index contributed by atoms with van der Waals surface area (Å²) in [5.41, 5.74) is 6.36. The van der Waals surface area contributed by atoms with E-state index in [-0.39, 0.29) is 18.5 Å². The molecule has 0 unspecified atom stereocenters. The summed E-state index contributed by atoms with van der Waals surface area (Å²) in [6, 6.07) is 21.9. The van der Waals surface area contributed by atoms with Gasteiger partial charge < -0.3 is 9.47 Å². The van der Waals surface area contributed by atoms with Gasteiger partial charge in [0, 0.05) is 24.1 Å². The van der Waals surface area contributed by atoms with Gasteiger partial charge in [-0.2, -0.15) is 5.10 Å². The van der Waals surface area contributed by atoms with Crippen LogP contribution in [-0.2, 0) is 11.3 Å². The van der Waals surface area contributed by atoms with Crippen LogP contribution in [0.2, 0.25) is 0 Å². The number of methoxy groups -OCH3 is 2. The maximum atomic E-state index is 13.6. The molecule has 0 spiro atoms. The third kappa shape index (κ3) is 5.54. The van der Waals surface area contributed by atoms with Gasteiger partial charge in [0.15, 0.2) is 0 Å². The average Bonchev–Trinajstić information content (AvgIpc) is 3.29. The molecular formula is C29H33N3O3. The van der Waals surface area contributed by atoms with Crippen LogP contribution in [-0.4, -0.2) is 49.3 Å². The Morgan fingerprint density at radius 1 is 1.03 bits per heavy atom. The number of ether oxygens (including phenoxy) is 2. The van der Waals surface area contributed by atoms with Gasteiger partial charge in [0.25, 0.3) is 5.91 Å². The SMILES string of the molecule is COc1ccc(OC)c([C@@H]2CC(c3ccc(C)cc3C)=NN2C(=O)CN(C)Cc2ccccc2)c1. The predicted molar refractivity (Wildman–Crippen MR) is 139 cm³/mol. The monoisotopic (exact) mass is 471 g/mol. The Hall–Kier alpha value is -3.64. The van der Waals surface area contributed by atoms with E-state index in [0.717, 1.165) is 33.7 Å². The van der Waals surface area contributed by atoms with Crippen LogP contribution in [0.3, 0.4) is 0 Å². The van der Waals surface area contributed by atoms with Crippen LogP contribution in [0.1, 0.15) is 40.3 Å². The zero-order valence-corrected chi connectivity index (χ0v) is 21.1. The highest BCUT2D eigenvalue weighted by molar-refractivity contribution is 6.04. The minimum Gasteiger partial charge on any atom is -0.497 e. The lowest BCUT2D eigenvalue weighted by atomic mass is 9.94. The van der Waals surface area contributed by atoms with E-state index in [1.54, 1.807) is 19.2 Å². The molecule has 3 aromatic carbocycles. The zero-order chi connectivity index (χ0) is 24.9. The van der Waals surface area contributed by atoms with E-state index in [0.29, 0.717) is 18.7 Å². The molecular weight excluding hydrogens is 438 g/mol. The molecule has 1 atom stereocenters. The minimum absolute atomic E-state index is 0.0573. The molecule has 0 saturated carbocycles. The molecule has 3 aromatic rings. The van der Waals surface area contributed by atoms with Crippen molar-refractivity contribution in [3.05, 3.63) is 94.5 Å². The number of carbonyl (C=O) groups is 1. The second-order valence-corrected chi connectivity index (χ2v) is 9.09. The van der Waals surface area contributed by atoms with Crippen molar-refractivity contribution in [3.8, 4) is 11.5 Å². The molecule has 6 nitrogen and oxygen atoms in total. The standard InChI is InChI=1S/C29H33N3O3/c1-20-11-13-24(21(2)15-20)26-17-27(25-16-23(34-4)12-14-28(25)35-5)32(30-26)29(33)19-31(3)18-22-9-7-6-8-10-22/h6-16,27H,17-19H2,1-5H3/t27-/m0/s1. The van der Waals surface area contributed by atoms with Crippen LogP contribution in [0.4, 0.5) is 0 Å². The van der Waals surface area contributed by atoms with Crippen LogP contribution < -0.4 is 9.47 Å². The third-order valence-electron chi connectivity index (χ3n) is 6.36. The summed E-state index contributed by atoms with van der Waals surface area (Å²) < 4.78 is 11.2. The first-order valence-corrected chi connectivity index (χ1v) is 11.8. The fourth-order valence-corrected chi connectivity index (χ4v) is 4.64. The average molecular weight is 472 g/mol. The van der Waals surface area contributed by atoms with Gasteiger partial charge >= 0.3 is 0 Å². The van der Waals surface area contributed by atoms with E-state index >= 15 is 0 Å². The van der Waals surface area contributed by atoms with Gasteiger partial charge in [0.2, 0.25) is 0 Å². The molecule has 0 aromatic heterocycles. The van der Waals surface area contributed by atoms with Crippen molar-refractivity contribution in [2.24, 2.45) is 5.10 Å². The molecule has 1 aliphatic rings. The Kier molecular flexibility index (Phi) is 7.51. The minimum atomic E-state index is -0.284. The van der Waals surface area contributed by atoms with Crippen molar-refractivity contribution in [1.82, 2.24) is 9.91 Å². The molecule has 1 aliphatic heterocycles. The van der Waals surface area contributed by atoms with Crippen LogP contribution >= 0.6 is 0 Å². The van der Waals surface area contributed by atoms with E-state index in [1.807, 2.05) is 48.3 Å². The lowest BCUT2D eigenvalue weighted by molar-refractivity contribution is -0.134. The van der Waals surface area contributed by atoms with Gasteiger partial charge in [-0.15, -0.1) is 0 Å². The Labute approximate surface area is 207 Å². The highest BCUT2D eigenvalue weighted by atomic mass is 16.5. The topological polar surface area (TPSA) is 54.4 Å². The van der Waals surface area contributed by atoms with Crippen molar-refractivity contribution < 1.29 is 14.3 Å². The summed E-state index contributed by atoms with van der Waals surface area (Å²) in [4.78, 5) is 15.6. The van der Waals surface area contributed by atoms with Crippen molar-refractivity contribution in [3.63, 3.8) is 0 Å². The maximum Gasteiger partial charge on any atom is 0.257 e. The highest BCUT2D eigenvalue weighted by Crippen LogP contribution is 2.39. The highest BCUT2D eigenvalue weighted by Gasteiger charge is 2.35. The Balaban J connectivity index is 1.66. The number of hydrazone groups is 1. The fourth-order valence-electron chi connectivity index (χ4n) is 4.64. The molecule has 182 valence electrons. The van der Waals surface area contributed by atoms with Crippen molar-refractivity contribution in [2.45, 2.75) is 32.9 Å². The van der Waals surface area contributed by atoms with Crippen LogP contribution in [0.25, 0.3) is 0 Å². The Morgan fingerprint density at radius 3 is 2.49 bits per heavy atom. The molecule has 0 aliphatic carbocycles. The zero-order valence-electron chi connectivity index (χ0n) is 21.1. The summed E-state index contributed by atoms with van der Waals surface area (Å²) in [7, 11) is 5.24. The Morgan fingerprint density at radius 2 is 1.80 bits per heavy atom. The van der Waals surface area contributed by atoms with Crippen LogP contribution in [0.15, 0.2) is 71.8 Å². The third-order valence-corrected chi connectivity index (χ3v) is 6.36. The maximum absolute atomic E-state index is 13.6. The van der Waals surface area contributed by atoms with Gasteiger partial charge in [-0.1, -0.05) is 54.1 Å². The number of benzene rings is 3. The molecule has 1 amide bonds. The number of carbonyl (C=O) groups excluding carboxylic acids is 1. The fraction of sp³-hybridized carbons (Fsp3) is 0.310. The normalized spacial score (nSPS) is 15.3. The number of amides is 1. The smallest absolute Gasteiger partial charge is 0.257 e. The first-order valence-electron chi connectivity index (χ1n) is 11.8. The number of nitrogens with zero attached hydrogens (tertiary/aromatic N) is 3. The lowest BCUT2D eigenvalue weighted by Crippen LogP contribution is -2.36. The van der Waals surface area contributed by atoms with Gasteiger partial charge in [-0.3, -0.25) is 9.69 Å². The van der Waals surface area contributed by atoms with E-state index < -0.39 is 0 Å². The molecule has 35 heavy (non-hydrogen) atoms. The number of hydrogen-bond donors (Lipinski definition) is 0. The summed E-state index contributed by atoms with van der Waals surface area (Å²) in [6.07, 6.45) is 0.599. The summed E-state index contributed by atoms with van der Waals surface area (Å²) in [5, 5.41) is 6.51. The first-order chi connectivity index (χ1) is 16.9. The van der Waals surface area contributed by atoms with Gasteiger partial charge in [-0.05, 0) is 50.2 Å². The largest absolute Gasteiger partial charge is 0.497 e. The molecule has 0 N–H and O–H groups in total. The molecule has 6 heteroatoms. The molecule has 0 bridgehead atoms. The predicted octanol–water partition coefficient (Wildman–Crippen LogP) is 5.13. The second kappa shape index (κ2) is 10.7. The van der Waals surface area contributed by atoms with Crippen LogP contribution in [0.5, 0.6) is 11.5 Å². The molecule has 0 fully saturated rings. The van der Waals surface area contributed by atoms with Crippen molar-refractivity contribution in [2.75, 3.05) is 27.8 Å². The number of aryl methyl sites for hydroxylation is 2. The number of likely N-dealkylation sites (N-methyl/N-ethyl adjacent to an activating group) is 1. The van der Waals surface area contributed by atoms with E-state index in [4.69, 9.17) is 14.6 Å². The van der Waals surface area contributed by atoms with E-state index in [9.17, 15) is 4.79 Å². The molecule has 1 heterocycles. The van der Waals surface area contributed by atoms with Gasteiger partial charge in [0.05, 0.1) is 32.5 Å². The number of hydrogen-bond acceptors (Lipinski definition) is 5. The molecule has 0 radical (unpaired) electrons. The van der Waals surface area contributed by atoms with Gasteiger partial charge in [-0.25, -0.2) is 5.01 Å². The second-order valence-electron chi connectivity index (χ2n) is 9.09.